The predicted molar refractivity (Wildman–Crippen MR) is 311 cm³/mol. The summed E-state index contributed by atoms with van der Waals surface area (Å²) in [7, 11) is 0. The first-order chi connectivity index (χ1) is 35.0. The van der Waals surface area contributed by atoms with E-state index in [9.17, 15) is 0 Å². The summed E-state index contributed by atoms with van der Waals surface area (Å²) in [6.07, 6.45) is 0. The van der Waals surface area contributed by atoms with E-state index in [2.05, 4.69) is 277 Å². The fourth-order valence-electron chi connectivity index (χ4n) is 11.4. The fraction of sp³-hybridized carbons (Fsp3) is 0.155. The minimum atomic E-state index is -0.0871. The molecule has 0 bridgehead atoms. The van der Waals surface area contributed by atoms with Crippen molar-refractivity contribution in [2.75, 3.05) is 0 Å². The summed E-state index contributed by atoms with van der Waals surface area (Å²) in [5.74, 6) is 0. The molecule has 1 aromatic heterocycles. The van der Waals surface area contributed by atoms with Crippen molar-refractivity contribution < 1.29 is 0 Å². The SMILES string of the molecule is CC.Cc1ccc(-c2ccccc2)cc1.Cc1ccc2c(c1)-c1ccccc1C2(C)C.Cc1ccccc1-c1cccc(-c2ccc3c(c2)c2ccccc2n3-c2cccc3c2C(C)(C)c2ccccc2-3)c1. The van der Waals surface area contributed by atoms with E-state index in [-0.39, 0.29) is 10.8 Å². The maximum atomic E-state index is 2.49. The van der Waals surface area contributed by atoms with E-state index in [1.807, 2.05) is 19.9 Å². The van der Waals surface area contributed by atoms with Gasteiger partial charge in [-0.05, 0) is 135 Å². The molecule has 0 spiro atoms. The van der Waals surface area contributed by atoms with E-state index < -0.39 is 0 Å². The highest BCUT2D eigenvalue weighted by Crippen LogP contribution is 2.52. The number of hydrogen-bond acceptors (Lipinski definition) is 0. The van der Waals surface area contributed by atoms with Crippen LogP contribution in [0.4, 0.5) is 0 Å². The zero-order chi connectivity index (χ0) is 50.1. The van der Waals surface area contributed by atoms with Crippen LogP contribution in [0.3, 0.4) is 0 Å². The lowest BCUT2D eigenvalue weighted by Gasteiger charge is -2.25. The minimum absolute atomic E-state index is 0.0871. The molecule has 72 heavy (non-hydrogen) atoms. The molecule has 0 unspecified atom stereocenters. The summed E-state index contributed by atoms with van der Waals surface area (Å²) in [5, 5.41) is 2.57. The van der Waals surface area contributed by atoms with Gasteiger partial charge >= 0.3 is 0 Å². The summed E-state index contributed by atoms with van der Waals surface area (Å²) in [4.78, 5) is 0. The highest BCUT2D eigenvalue weighted by atomic mass is 15.0. The maximum Gasteiger partial charge on any atom is 0.0541 e. The number of benzene rings is 10. The van der Waals surface area contributed by atoms with Crippen LogP contribution in [0.5, 0.6) is 0 Å². The van der Waals surface area contributed by atoms with Crippen molar-refractivity contribution >= 4 is 21.8 Å². The van der Waals surface area contributed by atoms with E-state index >= 15 is 0 Å². The number of nitrogens with zero attached hydrogens (tertiary/aromatic N) is 1. The Bertz CT molecular complexity index is 3730. The number of aromatic nitrogens is 1. The average Bonchev–Trinajstić information content (AvgIpc) is 3.96. The van der Waals surface area contributed by atoms with Crippen LogP contribution >= 0.6 is 0 Å². The molecule has 0 N–H and O–H groups in total. The molecule has 0 saturated heterocycles. The first-order valence-corrected chi connectivity index (χ1v) is 25.8. The molecule has 1 heterocycles. The molecule has 1 heteroatoms. The Balaban J connectivity index is 0.000000156. The standard InChI is InChI=1S/C40H31N.C16H16.C13H12.C2H6/c1-26-12-4-5-15-30(26)29-14-10-13-27(24-29)28-22-23-37-34(25-28)32-17-7-9-20-36(32)41(37)38-21-11-18-33-31-16-6-8-19-35(31)40(2,3)39(33)38;1-11-8-9-15-13(10-11)12-6-4-5-7-14(12)16(15,2)3;1-11-7-9-13(10-8-11)12-5-3-2-4-6-12;1-2/h4-25H,1-3H3;4-10H,1-3H3;2-10H,1H3;1-2H3. The van der Waals surface area contributed by atoms with E-state index in [4.69, 9.17) is 0 Å². The molecular formula is C71H65N. The molecule has 2 aliphatic rings. The van der Waals surface area contributed by atoms with Gasteiger partial charge in [0.05, 0.1) is 16.7 Å². The molecule has 0 fully saturated rings. The largest absolute Gasteiger partial charge is 0.309 e. The third kappa shape index (κ3) is 8.58. The van der Waals surface area contributed by atoms with Gasteiger partial charge in [-0.2, -0.15) is 0 Å². The van der Waals surface area contributed by atoms with Crippen molar-refractivity contribution in [3.63, 3.8) is 0 Å². The zero-order valence-corrected chi connectivity index (χ0v) is 43.4. The van der Waals surface area contributed by atoms with Crippen LogP contribution in [0.1, 0.15) is 80.5 Å². The zero-order valence-electron chi connectivity index (χ0n) is 43.4. The Morgan fingerprint density at radius 1 is 0.306 bits per heavy atom. The molecule has 0 radical (unpaired) electrons. The monoisotopic (exact) mass is 932 g/mol. The third-order valence-electron chi connectivity index (χ3n) is 15.0. The summed E-state index contributed by atoms with van der Waals surface area (Å²) in [6, 6.07) is 83.7. The normalized spacial score (nSPS) is 13.0. The smallest absolute Gasteiger partial charge is 0.0541 e. The second-order valence-corrected chi connectivity index (χ2v) is 20.3. The molecule has 1 nitrogen and oxygen atoms in total. The lowest BCUT2D eigenvalue weighted by molar-refractivity contribution is 0.656. The number of fused-ring (bicyclic) bond motifs is 9. The van der Waals surface area contributed by atoms with Gasteiger partial charge < -0.3 is 4.57 Å². The van der Waals surface area contributed by atoms with Gasteiger partial charge in [0.1, 0.15) is 0 Å². The third-order valence-corrected chi connectivity index (χ3v) is 15.0. The van der Waals surface area contributed by atoms with Gasteiger partial charge in [0, 0.05) is 21.6 Å². The predicted octanol–water partition coefficient (Wildman–Crippen LogP) is 19.7. The van der Waals surface area contributed by atoms with Crippen molar-refractivity contribution in [1.82, 2.24) is 4.57 Å². The Labute approximate surface area is 428 Å². The fourth-order valence-corrected chi connectivity index (χ4v) is 11.4. The maximum absolute atomic E-state index is 2.49. The highest BCUT2D eigenvalue weighted by molar-refractivity contribution is 6.11. The van der Waals surface area contributed by atoms with Crippen LogP contribution in [0.25, 0.3) is 83.1 Å². The summed E-state index contributed by atoms with van der Waals surface area (Å²) >= 11 is 0. The van der Waals surface area contributed by atoms with Crippen LogP contribution in [0.2, 0.25) is 0 Å². The van der Waals surface area contributed by atoms with E-state index in [0.717, 1.165) is 0 Å². The van der Waals surface area contributed by atoms with Crippen LogP contribution < -0.4 is 0 Å². The number of rotatable bonds is 4. The Hall–Kier alpha value is -8.00. The highest BCUT2D eigenvalue weighted by Gasteiger charge is 2.38. The second-order valence-electron chi connectivity index (χ2n) is 20.3. The van der Waals surface area contributed by atoms with E-state index in [0.29, 0.717) is 0 Å². The molecule has 10 aromatic carbocycles. The van der Waals surface area contributed by atoms with Crippen molar-refractivity contribution in [2.24, 2.45) is 0 Å². The van der Waals surface area contributed by atoms with Gasteiger partial charge in [-0.25, -0.2) is 0 Å². The van der Waals surface area contributed by atoms with Crippen LogP contribution in [0, 0.1) is 20.8 Å². The summed E-state index contributed by atoms with van der Waals surface area (Å²) < 4.78 is 2.49. The Morgan fingerprint density at radius 3 is 1.54 bits per heavy atom. The average molecular weight is 932 g/mol. The molecule has 0 saturated carbocycles. The van der Waals surface area contributed by atoms with Crippen molar-refractivity contribution in [3.05, 3.63) is 269 Å². The van der Waals surface area contributed by atoms with Gasteiger partial charge in [-0.1, -0.05) is 253 Å². The summed E-state index contributed by atoms with van der Waals surface area (Å²) in [6.45, 7) is 19.8. The second kappa shape index (κ2) is 19.7. The lowest BCUT2D eigenvalue weighted by atomic mass is 9.81. The van der Waals surface area contributed by atoms with Crippen LogP contribution in [0.15, 0.2) is 231 Å². The molecule has 2 aliphatic carbocycles. The van der Waals surface area contributed by atoms with Gasteiger partial charge in [0.15, 0.2) is 0 Å². The van der Waals surface area contributed by atoms with E-state index in [1.54, 1.807) is 0 Å². The Morgan fingerprint density at radius 2 is 0.806 bits per heavy atom. The topological polar surface area (TPSA) is 4.93 Å². The first kappa shape index (κ1) is 47.7. The van der Waals surface area contributed by atoms with Crippen molar-refractivity contribution in [2.45, 2.75) is 73.1 Å². The quantitative estimate of drug-likeness (QED) is 0.166. The molecule has 13 rings (SSSR count). The van der Waals surface area contributed by atoms with Gasteiger partial charge in [0.25, 0.3) is 0 Å². The number of para-hydroxylation sites is 1. The number of hydrogen-bond donors (Lipinski definition) is 0. The van der Waals surface area contributed by atoms with E-state index in [1.165, 1.54) is 122 Å². The van der Waals surface area contributed by atoms with Crippen LogP contribution in [-0.2, 0) is 10.8 Å². The van der Waals surface area contributed by atoms with Crippen LogP contribution in [-0.4, -0.2) is 4.57 Å². The molecular weight excluding hydrogens is 867 g/mol. The molecule has 0 amide bonds. The molecule has 354 valence electrons. The molecule has 0 atom stereocenters. The minimum Gasteiger partial charge on any atom is -0.309 e. The van der Waals surface area contributed by atoms with Gasteiger partial charge in [-0.3, -0.25) is 0 Å². The molecule has 0 aliphatic heterocycles. The van der Waals surface area contributed by atoms with Crippen molar-refractivity contribution in [3.8, 4) is 61.3 Å². The first-order valence-electron chi connectivity index (χ1n) is 25.8. The Kier molecular flexibility index (Phi) is 13.0. The van der Waals surface area contributed by atoms with Gasteiger partial charge in [0.2, 0.25) is 0 Å². The number of aryl methyl sites for hydroxylation is 3. The van der Waals surface area contributed by atoms with Gasteiger partial charge in [-0.15, -0.1) is 0 Å². The summed E-state index contributed by atoms with van der Waals surface area (Å²) in [5.41, 5.74) is 26.6. The molecule has 11 aromatic rings. The lowest BCUT2D eigenvalue weighted by Crippen LogP contribution is -2.17. The van der Waals surface area contributed by atoms with Crippen molar-refractivity contribution in [1.29, 1.82) is 0 Å².